The quantitative estimate of drug-likeness (QED) is 0.185. The molecule has 0 aliphatic carbocycles. The van der Waals surface area contributed by atoms with Gasteiger partial charge in [0, 0.05) is 58.9 Å². The average molecular weight is 657 g/mol. The number of aromatic nitrogens is 4. The van der Waals surface area contributed by atoms with Crippen LogP contribution in [-0.4, -0.2) is 19.5 Å². The summed E-state index contributed by atoms with van der Waals surface area (Å²) in [7, 11) is 0. The molecule has 0 spiro atoms. The number of hydrogen-bond acceptors (Lipinski definition) is 4. The predicted molar refractivity (Wildman–Crippen MR) is 209 cm³/mol. The summed E-state index contributed by atoms with van der Waals surface area (Å²) >= 11 is 1.87. The fraction of sp³-hybridized carbons (Fsp3) is 0. The van der Waals surface area contributed by atoms with E-state index in [0.717, 1.165) is 22.4 Å². The van der Waals surface area contributed by atoms with Crippen LogP contribution in [0.25, 0.3) is 93.0 Å². The molecule has 50 heavy (non-hydrogen) atoms. The third kappa shape index (κ3) is 4.63. The molecule has 4 nitrogen and oxygen atoms in total. The Hall–Kier alpha value is -6.43. The molecular formula is C45H28N4S. The van der Waals surface area contributed by atoms with Crippen molar-refractivity contribution in [2.75, 3.05) is 0 Å². The van der Waals surface area contributed by atoms with Crippen molar-refractivity contribution in [1.82, 2.24) is 19.5 Å². The first-order valence-corrected chi connectivity index (χ1v) is 17.5. The summed E-state index contributed by atoms with van der Waals surface area (Å²) in [5, 5.41) is 5.05. The number of hydrogen-bond donors (Lipinski definition) is 0. The van der Waals surface area contributed by atoms with E-state index >= 15 is 0 Å². The number of nitrogens with zero attached hydrogens (tertiary/aromatic N) is 4. The van der Waals surface area contributed by atoms with Gasteiger partial charge in [0.15, 0.2) is 17.5 Å². The van der Waals surface area contributed by atoms with Crippen LogP contribution in [0.3, 0.4) is 0 Å². The summed E-state index contributed by atoms with van der Waals surface area (Å²) in [6, 6.07) is 59.6. The lowest BCUT2D eigenvalue weighted by atomic mass is 9.99. The van der Waals surface area contributed by atoms with Gasteiger partial charge in [-0.1, -0.05) is 127 Å². The van der Waals surface area contributed by atoms with E-state index in [0.29, 0.717) is 17.5 Å². The molecule has 5 heteroatoms. The third-order valence-electron chi connectivity index (χ3n) is 9.45. The Balaban J connectivity index is 1.20. The van der Waals surface area contributed by atoms with Crippen molar-refractivity contribution in [3.63, 3.8) is 0 Å². The second-order valence-electron chi connectivity index (χ2n) is 12.4. The molecule has 0 aliphatic rings. The highest BCUT2D eigenvalue weighted by Gasteiger charge is 2.21. The lowest BCUT2D eigenvalue weighted by Crippen LogP contribution is -2.00. The Morgan fingerprint density at radius 3 is 1.54 bits per heavy atom. The summed E-state index contributed by atoms with van der Waals surface area (Å²) in [5.41, 5.74) is 8.83. The lowest BCUT2D eigenvalue weighted by Gasteiger charge is -2.12. The van der Waals surface area contributed by atoms with Gasteiger partial charge in [-0.25, -0.2) is 15.0 Å². The molecule has 0 unspecified atom stereocenters. The Kier molecular flexibility index (Phi) is 6.64. The summed E-state index contributed by atoms with van der Waals surface area (Å²) < 4.78 is 5.03. The molecule has 234 valence electrons. The van der Waals surface area contributed by atoms with Gasteiger partial charge in [0.2, 0.25) is 0 Å². The van der Waals surface area contributed by atoms with Crippen molar-refractivity contribution in [1.29, 1.82) is 0 Å². The molecule has 0 N–H and O–H groups in total. The van der Waals surface area contributed by atoms with E-state index in [-0.39, 0.29) is 0 Å². The van der Waals surface area contributed by atoms with E-state index in [4.69, 9.17) is 15.0 Å². The van der Waals surface area contributed by atoms with Crippen LogP contribution in [0, 0.1) is 0 Å². The van der Waals surface area contributed by atoms with Crippen LogP contribution in [0.15, 0.2) is 170 Å². The summed E-state index contributed by atoms with van der Waals surface area (Å²) in [5.74, 6) is 1.95. The van der Waals surface area contributed by atoms with Gasteiger partial charge in [-0.2, -0.15) is 0 Å². The zero-order chi connectivity index (χ0) is 33.0. The molecule has 0 saturated heterocycles. The second kappa shape index (κ2) is 11.6. The van der Waals surface area contributed by atoms with Crippen molar-refractivity contribution in [3.05, 3.63) is 170 Å². The number of para-hydroxylation sites is 1. The lowest BCUT2D eigenvalue weighted by molar-refractivity contribution is 1.07. The fourth-order valence-electron chi connectivity index (χ4n) is 7.14. The van der Waals surface area contributed by atoms with Crippen LogP contribution in [0.1, 0.15) is 0 Å². The largest absolute Gasteiger partial charge is 0.309 e. The second-order valence-corrected chi connectivity index (χ2v) is 13.5. The highest BCUT2D eigenvalue weighted by molar-refractivity contribution is 7.26. The minimum Gasteiger partial charge on any atom is -0.309 e. The minimum absolute atomic E-state index is 0.644. The molecule has 10 aromatic rings. The maximum Gasteiger partial charge on any atom is 0.164 e. The number of benzene rings is 7. The van der Waals surface area contributed by atoms with E-state index in [1.165, 1.54) is 53.1 Å². The maximum atomic E-state index is 4.97. The van der Waals surface area contributed by atoms with Crippen LogP contribution in [0.2, 0.25) is 0 Å². The Morgan fingerprint density at radius 2 is 0.920 bits per heavy atom. The molecule has 7 aromatic carbocycles. The van der Waals surface area contributed by atoms with E-state index in [1.807, 2.05) is 72.0 Å². The van der Waals surface area contributed by atoms with Gasteiger partial charge < -0.3 is 4.57 Å². The molecule has 10 rings (SSSR count). The van der Waals surface area contributed by atoms with Crippen LogP contribution < -0.4 is 0 Å². The molecule has 0 bridgehead atoms. The van der Waals surface area contributed by atoms with Crippen molar-refractivity contribution in [2.45, 2.75) is 0 Å². The van der Waals surface area contributed by atoms with E-state index in [1.54, 1.807) is 0 Å². The number of fused-ring (bicyclic) bond motifs is 7. The van der Waals surface area contributed by atoms with Gasteiger partial charge in [0.25, 0.3) is 0 Å². The zero-order valence-corrected chi connectivity index (χ0v) is 27.7. The highest BCUT2D eigenvalue weighted by Crippen LogP contribution is 2.47. The topological polar surface area (TPSA) is 43.6 Å². The van der Waals surface area contributed by atoms with Crippen molar-refractivity contribution in [3.8, 4) is 51.0 Å². The monoisotopic (exact) mass is 656 g/mol. The molecule has 0 saturated carbocycles. The normalized spacial score (nSPS) is 11.6. The van der Waals surface area contributed by atoms with Crippen LogP contribution >= 0.6 is 11.3 Å². The maximum absolute atomic E-state index is 4.97. The fourth-order valence-corrected chi connectivity index (χ4v) is 8.38. The highest BCUT2D eigenvalue weighted by atomic mass is 32.1. The van der Waals surface area contributed by atoms with E-state index in [9.17, 15) is 0 Å². The molecular weight excluding hydrogens is 629 g/mol. The molecule has 0 fully saturated rings. The van der Waals surface area contributed by atoms with Crippen molar-refractivity contribution in [2.24, 2.45) is 0 Å². The molecule has 3 aromatic heterocycles. The predicted octanol–water partition coefficient (Wildman–Crippen LogP) is 12.0. The van der Waals surface area contributed by atoms with Crippen LogP contribution in [0.4, 0.5) is 0 Å². The average Bonchev–Trinajstić information content (AvgIpc) is 3.75. The molecule has 3 heterocycles. The number of rotatable bonds is 5. The first kappa shape index (κ1) is 28.6. The molecule has 0 radical (unpaired) electrons. The first-order chi connectivity index (χ1) is 24.8. The smallest absolute Gasteiger partial charge is 0.164 e. The van der Waals surface area contributed by atoms with E-state index < -0.39 is 0 Å². The van der Waals surface area contributed by atoms with Crippen LogP contribution in [-0.2, 0) is 0 Å². The van der Waals surface area contributed by atoms with Gasteiger partial charge in [0.05, 0.1) is 11.0 Å². The standard InChI is InChI=1S/C45H28N4S/c1-4-14-29(15-5-1)36-28-37-34-20-10-12-22-38(34)49(41(37)40-35-21-11-13-23-39(35)50-42(36)40)33-26-24-32(25-27-33)45-47-43(30-16-6-2-7-17-30)46-44(48-45)31-18-8-3-9-19-31/h1-28H. The Bertz CT molecular complexity index is 2780. The molecule has 0 aliphatic heterocycles. The van der Waals surface area contributed by atoms with Gasteiger partial charge >= 0.3 is 0 Å². The van der Waals surface area contributed by atoms with Crippen LogP contribution in [0.5, 0.6) is 0 Å². The SMILES string of the molecule is c1ccc(-c2nc(-c3ccccc3)nc(-c3ccc(-n4c5ccccc5c5cc(-c6ccccc6)c6sc7ccccc7c6c54)cc3)n2)cc1. The Morgan fingerprint density at radius 1 is 0.420 bits per heavy atom. The van der Waals surface area contributed by atoms with Crippen molar-refractivity contribution >= 4 is 53.3 Å². The van der Waals surface area contributed by atoms with Gasteiger partial charge in [-0.05, 0) is 48.0 Å². The first-order valence-electron chi connectivity index (χ1n) is 16.7. The summed E-state index contributed by atoms with van der Waals surface area (Å²) in [4.78, 5) is 14.8. The van der Waals surface area contributed by atoms with Gasteiger partial charge in [0.1, 0.15) is 0 Å². The van der Waals surface area contributed by atoms with E-state index in [2.05, 4.69) is 114 Å². The van der Waals surface area contributed by atoms with Gasteiger partial charge in [-0.3, -0.25) is 0 Å². The summed E-state index contributed by atoms with van der Waals surface area (Å²) in [6.45, 7) is 0. The van der Waals surface area contributed by atoms with Gasteiger partial charge in [-0.15, -0.1) is 11.3 Å². The number of thiophene rings is 1. The molecule has 0 amide bonds. The minimum atomic E-state index is 0.644. The van der Waals surface area contributed by atoms with Crippen molar-refractivity contribution < 1.29 is 0 Å². The third-order valence-corrected chi connectivity index (χ3v) is 10.7. The summed E-state index contributed by atoms with van der Waals surface area (Å²) in [6.07, 6.45) is 0. The Labute approximate surface area is 292 Å². The zero-order valence-electron chi connectivity index (χ0n) is 26.9. The molecule has 0 atom stereocenters.